The predicted octanol–water partition coefficient (Wildman–Crippen LogP) is 5.86. The molecule has 2 aliphatic carbocycles. The summed E-state index contributed by atoms with van der Waals surface area (Å²) >= 11 is 5.98. The van der Waals surface area contributed by atoms with Gasteiger partial charge in [-0.05, 0) is 100 Å². The summed E-state index contributed by atoms with van der Waals surface area (Å²) in [6, 6.07) is 7.22. The molecule has 0 amide bonds. The zero-order chi connectivity index (χ0) is 25.1. The molecular formula is C26H39ClF2N4O. The van der Waals surface area contributed by atoms with Crippen LogP contribution in [0.3, 0.4) is 0 Å². The van der Waals surface area contributed by atoms with Crippen LogP contribution in [-0.4, -0.2) is 34.0 Å². The first kappa shape index (κ1) is 26.9. The molecular weight excluding hydrogens is 458 g/mol. The smallest absolute Gasteiger partial charge is 0.275 e. The summed E-state index contributed by atoms with van der Waals surface area (Å²) in [6.07, 6.45) is 8.51. The molecule has 0 aliphatic heterocycles. The van der Waals surface area contributed by atoms with Crippen LogP contribution in [0.5, 0.6) is 0 Å². The van der Waals surface area contributed by atoms with Gasteiger partial charge in [0, 0.05) is 17.0 Å². The van der Waals surface area contributed by atoms with Crippen molar-refractivity contribution in [2.24, 2.45) is 34.0 Å². The fourth-order valence-electron chi connectivity index (χ4n) is 5.96. The molecule has 3 unspecified atom stereocenters. The fraction of sp³-hybridized carbons (Fsp3) is 0.654. The molecule has 3 atom stereocenters. The maximum Gasteiger partial charge on any atom is 0.275 e. The Kier molecular flexibility index (Phi) is 8.31. The average molecular weight is 497 g/mol. The second-order valence-electron chi connectivity index (χ2n) is 10.7. The van der Waals surface area contributed by atoms with Crippen LogP contribution in [0.15, 0.2) is 41.0 Å². The molecule has 2 saturated carbocycles. The van der Waals surface area contributed by atoms with Crippen molar-refractivity contribution in [2.75, 3.05) is 6.54 Å². The Morgan fingerprint density at radius 3 is 2.59 bits per heavy atom. The van der Waals surface area contributed by atoms with Crippen molar-refractivity contribution < 1.29 is 13.9 Å². The molecule has 5 nitrogen and oxygen atoms in total. The highest BCUT2D eigenvalue weighted by Crippen LogP contribution is 2.58. The lowest BCUT2D eigenvalue weighted by Gasteiger charge is -2.43. The van der Waals surface area contributed by atoms with Crippen LogP contribution in [-0.2, 0) is 0 Å². The SMILES string of the molecule is CC12CCC/C(=C\CN(N)/C(=N\N)c3ccc(Cl)cc3)C1CCC2CCCC(F)(F)C(C)(C)O. The Hall–Kier alpha value is -1.70. The van der Waals surface area contributed by atoms with Gasteiger partial charge in [0.05, 0.1) is 6.54 Å². The number of hydrogen-bond donors (Lipinski definition) is 3. The number of hydrazine groups is 1. The van der Waals surface area contributed by atoms with Crippen LogP contribution in [0.4, 0.5) is 8.78 Å². The van der Waals surface area contributed by atoms with Gasteiger partial charge in [0.2, 0.25) is 0 Å². The minimum Gasteiger partial charge on any atom is -0.384 e. The topological polar surface area (TPSA) is 87.9 Å². The van der Waals surface area contributed by atoms with Gasteiger partial charge in [-0.2, -0.15) is 5.10 Å². The van der Waals surface area contributed by atoms with E-state index < -0.39 is 11.5 Å². The fourth-order valence-corrected chi connectivity index (χ4v) is 6.08. The molecule has 0 heterocycles. The zero-order valence-electron chi connectivity index (χ0n) is 20.5. The molecule has 0 aromatic heterocycles. The van der Waals surface area contributed by atoms with Crippen molar-refractivity contribution >= 4 is 17.4 Å². The Balaban J connectivity index is 1.64. The Morgan fingerprint density at radius 1 is 1.29 bits per heavy atom. The van der Waals surface area contributed by atoms with Gasteiger partial charge in [0.15, 0.2) is 5.84 Å². The van der Waals surface area contributed by atoms with Crippen molar-refractivity contribution in [3.05, 3.63) is 46.5 Å². The van der Waals surface area contributed by atoms with Crippen molar-refractivity contribution in [1.29, 1.82) is 0 Å². The number of alkyl halides is 2. The van der Waals surface area contributed by atoms with Crippen LogP contribution >= 0.6 is 11.6 Å². The number of hydrazone groups is 1. The van der Waals surface area contributed by atoms with E-state index in [9.17, 15) is 13.9 Å². The number of halogens is 3. The zero-order valence-corrected chi connectivity index (χ0v) is 21.3. The third kappa shape index (κ3) is 5.74. The highest BCUT2D eigenvalue weighted by atomic mass is 35.5. The van der Waals surface area contributed by atoms with Gasteiger partial charge in [0.1, 0.15) is 5.60 Å². The number of nitrogens with two attached hydrogens (primary N) is 2. The molecule has 0 bridgehead atoms. The van der Waals surface area contributed by atoms with Crippen molar-refractivity contribution in [2.45, 2.75) is 83.7 Å². The third-order valence-corrected chi connectivity index (χ3v) is 8.40. The molecule has 2 fully saturated rings. The van der Waals surface area contributed by atoms with Crippen molar-refractivity contribution in [1.82, 2.24) is 5.01 Å². The van der Waals surface area contributed by atoms with Gasteiger partial charge >= 0.3 is 0 Å². The van der Waals surface area contributed by atoms with Gasteiger partial charge in [-0.3, -0.25) is 5.01 Å². The standard InChI is InChI=1S/C26H39ClF2N4O/c1-24(2,34)26(28,29)16-5-7-20-10-13-22-18(6-4-15-25(20,22)3)14-17-33(31)23(32-30)19-8-11-21(27)12-9-19/h8-9,11-12,14,20,22,34H,4-7,10,13,15-17,30-31H2,1-3H3/b18-14+,32-23-. The number of amidine groups is 1. The van der Waals surface area contributed by atoms with E-state index >= 15 is 0 Å². The van der Waals surface area contributed by atoms with E-state index in [1.54, 1.807) is 17.1 Å². The molecule has 0 spiro atoms. The lowest BCUT2D eigenvalue weighted by molar-refractivity contribution is -0.166. The molecule has 0 radical (unpaired) electrons. The van der Waals surface area contributed by atoms with Gasteiger partial charge < -0.3 is 10.9 Å². The van der Waals surface area contributed by atoms with E-state index in [0.29, 0.717) is 35.7 Å². The number of fused-ring (bicyclic) bond motifs is 1. The van der Waals surface area contributed by atoms with Gasteiger partial charge in [-0.1, -0.05) is 30.2 Å². The number of benzene rings is 1. The summed E-state index contributed by atoms with van der Waals surface area (Å²) in [6.45, 7) is 5.19. The Morgan fingerprint density at radius 2 is 1.97 bits per heavy atom. The van der Waals surface area contributed by atoms with E-state index in [2.05, 4.69) is 18.1 Å². The van der Waals surface area contributed by atoms with E-state index in [0.717, 1.165) is 44.1 Å². The van der Waals surface area contributed by atoms with E-state index in [-0.39, 0.29) is 11.8 Å². The predicted molar refractivity (Wildman–Crippen MR) is 134 cm³/mol. The lowest BCUT2D eigenvalue weighted by atomic mass is 9.62. The maximum absolute atomic E-state index is 14.2. The summed E-state index contributed by atoms with van der Waals surface area (Å²) in [5.41, 5.74) is 0.335. The number of aliphatic hydroxyl groups is 1. The first-order valence-electron chi connectivity index (χ1n) is 12.2. The Bertz CT molecular complexity index is 897. The van der Waals surface area contributed by atoms with Gasteiger partial charge in [-0.25, -0.2) is 14.6 Å². The molecule has 3 rings (SSSR count). The van der Waals surface area contributed by atoms with Crippen LogP contribution in [0.2, 0.25) is 5.02 Å². The quantitative estimate of drug-likeness (QED) is 0.138. The van der Waals surface area contributed by atoms with E-state index in [1.807, 2.05) is 12.1 Å². The van der Waals surface area contributed by atoms with Crippen molar-refractivity contribution in [3.8, 4) is 0 Å². The van der Waals surface area contributed by atoms with Gasteiger partial charge in [0.25, 0.3) is 5.92 Å². The number of rotatable bonds is 8. The molecule has 190 valence electrons. The second kappa shape index (κ2) is 10.5. The summed E-state index contributed by atoms with van der Waals surface area (Å²) in [5.74, 6) is 10.2. The molecule has 0 saturated heterocycles. The normalized spacial score (nSPS) is 27.2. The molecule has 8 heteroatoms. The minimum absolute atomic E-state index is 0.120. The monoisotopic (exact) mass is 496 g/mol. The van der Waals surface area contributed by atoms with E-state index in [4.69, 9.17) is 23.3 Å². The van der Waals surface area contributed by atoms with Crippen LogP contribution in [0, 0.1) is 17.3 Å². The third-order valence-electron chi connectivity index (χ3n) is 8.15. The molecule has 5 N–H and O–H groups in total. The first-order chi connectivity index (χ1) is 15.9. The van der Waals surface area contributed by atoms with E-state index in [1.165, 1.54) is 19.4 Å². The second-order valence-corrected chi connectivity index (χ2v) is 11.2. The summed E-state index contributed by atoms with van der Waals surface area (Å²) < 4.78 is 28.4. The minimum atomic E-state index is -3.07. The number of nitrogens with zero attached hydrogens (tertiary/aromatic N) is 2. The van der Waals surface area contributed by atoms with Crippen LogP contribution in [0.1, 0.15) is 77.7 Å². The maximum atomic E-state index is 14.2. The largest absolute Gasteiger partial charge is 0.384 e. The molecule has 1 aromatic rings. The Labute approximate surface area is 207 Å². The van der Waals surface area contributed by atoms with Crippen LogP contribution < -0.4 is 11.7 Å². The summed E-state index contributed by atoms with van der Waals surface area (Å²) in [7, 11) is 0. The molecule has 2 aliphatic rings. The first-order valence-corrected chi connectivity index (χ1v) is 12.6. The summed E-state index contributed by atoms with van der Waals surface area (Å²) in [5, 5.41) is 15.8. The average Bonchev–Trinajstić information content (AvgIpc) is 3.10. The highest BCUT2D eigenvalue weighted by molar-refractivity contribution is 6.30. The van der Waals surface area contributed by atoms with Gasteiger partial charge in [-0.15, -0.1) is 0 Å². The highest BCUT2D eigenvalue weighted by Gasteiger charge is 2.49. The molecule has 34 heavy (non-hydrogen) atoms. The lowest BCUT2D eigenvalue weighted by Crippen LogP contribution is -2.42. The number of allylic oxidation sites excluding steroid dienone is 1. The van der Waals surface area contributed by atoms with Crippen LogP contribution in [0.25, 0.3) is 0 Å². The summed E-state index contributed by atoms with van der Waals surface area (Å²) in [4.78, 5) is 0. The number of hydrogen-bond acceptors (Lipinski definition) is 4. The van der Waals surface area contributed by atoms with Crippen molar-refractivity contribution in [3.63, 3.8) is 0 Å². The molecule has 1 aromatic carbocycles.